The van der Waals surface area contributed by atoms with Crippen molar-refractivity contribution in [2.75, 3.05) is 37.9 Å². The maximum atomic E-state index is 5.52. The molecule has 0 radical (unpaired) electrons. The number of imidazole rings is 1. The van der Waals surface area contributed by atoms with Crippen molar-refractivity contribution in [2.45, 2.75) is 13.0 Å². The van der Waals surface area contributed by atoms with Crippen LogP contribution in [0.4, 0.5) is 5.95 Å². The number of fused-ring (bicyclic) bond motifs is 2. The summed E-state index contributed by atoms with van der Waals surface area (Å²) in [4.78, 5) is 13.0. The average Bonchev–Trinajstić information content (AvgIpc) is 3.33. The molecule has 1 N–H and O–H groups in total. The Morgan fingerprint density at radius 2 is 1.81 bits per heavy atom. The Morgan fingerprint density at radius 1 is 1.00 bits per heavy atom. The van der Waals surface area contributed by atoms with Crippen LogP contribution < -0.4 is 14.4 Å². The van der Waals surface area contributed by atoms with E-state index in [9.17, 15) is 0 Å². The Hall–Kier alpha value is -2.73. The van der Waals surface area contributed by atoms with Gasteiger partial charge in [0.2, 0.25) is 12.7 Å². The van der Waals surface area contributed by atoms with Crippen molar-refractivity contribution in [3.05, 3.63) is 48.0 Å². The van der Waals surface area contributed by atoms with Crippen LogP contribution in [0.25, 0.3) is 11.0 Å². The molecule has 0 bridgehead atoms. The summed E-state index contributed by atoms with van der Waals surface area (Å²) in [5.74, 6) is 2.67. The Bertz CT molecular complexity index is 897. The number of benzene rings is 2. The first-order valence-corrected chi connectivity index (χ1v) is 9.11. The quantitative estimate of drug-likeness (QED) is 0.786. The van der Waals surface area contributed by atoms with E-state index in [1.54, 1.807) is 0 Å². The van der Waals surface area contributed by atoms with Gasteiger partial charge < -0.3 is 19.4 Å². The molecule has 0 aliphatic carbocycles. The van der Waals surface area contributed by atoms with Crippen LogP contribution in [-0.2, 0) is 0 Å². The van der Waals surface area contributed by atoms with Gasteiger partial charge in [-0.3, -0.25) is 4.90 Å². The molecular formula is C20H22N4O2. The molecule has 0 saturated carbocycles. The van der Waals surface area contributed by atoms with Gasteiger partial charge in [-0.15, -0.1) is 0 Å². The standard InChI is InChI=1S/C20H22N4O2/c1-14(15-6-7-18-19(12-15)26-13-25-18)23-8-10-24(11-9-23)20-21-16-4-2-3-5-17(16)22-20/h2-7,12,14H,8-11,13H2,1H3,(H,21,22). The van der Waals surface area contributed by atoms with Gasteiger partial charge in [-0.05, 0) is 36.8 Å². The molecule has 3 aromatic rings. The maximum absolute atomic E-state index is 5.52. The molecule has 0 amide bonds. The van der Waals surface area contributed by atoms with Crippen LogP contribution in [0.5, 0.6) is 11.5 Å². The Kier molecular flexibility index (Phi) is 3.71. The number of ether oxygens (including phenoxy) is 2. The fourth-order valence-electron chi connectivity index (χ4n) is 3.79. The van der Waals surface area contributed by atoms with Gasteiger partial charge in [-0.25, -0.2) is 4.98 Å². The predicted octanol–water partition coefficient (Wildman–Crippen LogP) is 3.17. The van der Waals surface area contributed by atoms with Gasteiger partial charge in [0.25, 0.3) is 0 Å². The monoisotopic (exact) mass is 350 g/mol. The normalized spacial score (nSPS) is 18.4. The van der Waals surface area contributed by atoms with Crippen molar-refractivity contribution >= 4 is 17.0 Å². The second-order valence-electron chi connectivity index (χ2n) is 6.89. The van der Waals surface area contributed by atoms with Crippen molar-refractivity contribution in [2.24, 2.45) is 0 Å². The van der Waals surface area contributed by atoms with E-state index >= 15 is 0 Å². The molecule has 3 heterocycles. The smallest absolute Gasteiger partial charge is 0.231 e. The van der Waals surface area contributed by atoms with Gasteiger partial charge in [-0.2, -0.15) is 0 Å². The van der Waals surface area contributed by atoms with E-state index in [1.807, 2.05) is 24.3 Å². The van der Waals surface area contributed by atoms with E-state index in [4.69, 9.17) is 14.5 Å². The summed E-state index contributed by atoms with van der Waals surface area (Å²) in [6, 6.07) is 14.8. The van der Waals surface area contributed by atoms with Crippen LogP contribution >= 0.6 is 0 Å². The van der Waals surface area contributed by atoms with Crippen LogP contribution in [0.2, 0.25) is 0 Å². The lowest BCUT2D eigenvalue weighted by atomic mass is 10.1. The zero-order chi connectivity index (χ0) is 17.5. The molecule has 1 saturated heterocycles. The molecule has 0 spiro atoms. The summed E-state index contributed by atoms with van der Waals surface area (Å²) >= 11 is 0. The predicted molar refractivity (Wildman–Crippen MR) is 101 cm³/mol. The van der Waals surface area contributed by atoms with Crippen molar-refractivity contribution in [3.8, 4) is 11.5 Å². The number of rotatable bonds is 3. The molecule has 26 heavy (non-hydrogen) atoms. The zero-order valence-corrected chi connectivity index (χ0v) is 14.8. The molecule has 1 unspecified atom stereocenters. The summed E-state index contributed by atoms with van der Waals surface area (Å²) < 4.78 is 10.9. The molecule has 1 fully saturated rings. The molecule has 1 aromatic heterocycles. The van der Waals surface area contributed by atoms with Gasteiger partial charge in [0.05, 0.1) is 11.0 Å². The highest BCUT2D eigenvalue weighted by atomic mass is 16.7. The molecule has 6 heteroatoms. The number of aromatic nitrogens is 2. The molecule has 2 aliphatic heterocycles. The van der Waals surface area contributed by atoms with Gasteiger partial charge in [0.1, 0.15) is 0 Å². The maximum Gasteiger partial charge on any atom is 0.231 e. The number of H-pyrrole nitrogens is 1. The number of nitrogens with zero attached hydrogens (tertiary/aromatic N) is 3. The van der Waals surface area contributed by atoms with Gasteiger partial charge >= 0.3 is 0 Å². The van der Waals surface area contributed by atoms with Crippen molar-refractivity contribution in [1.29, 1.82) is 0 Å². The van der Waals surface area contributed by atoms with Crippen molar-refractivity contribution in [3.63, 3.8) is 0 Å². The van der Waals surface area contributed by atoms with E-state index in [0.29, 0.717) is 12.8 Å². The van der Waals surface area contributed by atoms with Gasteiger partial charge in [0, 0.05) is 32.2 Å². The lowest BCUT2D eigenvalue weighted by Crippen LogP contribution is -2.47. The van der Waals surface area contributed by atoms with E-state index < -0.39 is 0 Å². The third-order valence-electron chi connectivity index (χ3n) is 5.42. The third-order valence-corrected chi connectivity index (χ3v) is 5.42. The van der Waals surface area contributed by atoms with Crippen molar-refractivity contribution in [1.82, 2.24) is 14.9 Å². The van der Waals surface area contributed by atoms with E-state index in [2.05, 4.69) is 39.9 Å². The van der Waals surface area contributed by atoms with E-state index in [0.717, 1.165) is 54.7 Å². The average molecular weight is 350 g/mol. The highest BCUT2D eigenvalue weighted by Gasteiger charge is 2.25. The molecule has 6 nitrogen and oxygen atoms in total. The number of para-hydroxylation sites is 2. The molecular weight excluding hydrogens is 328 g/mol. The summed E-state index contributed by atoms with van der Waals surface area (Å²) in [7, 11) is 0. The zero-order valence-electron chi connectivity index (χ0n) is 14.8. The fourth-order valence-corrected chi connectivity index (χ4v) is 3.79. The SMILES string of the molecule is CC(c1ccc2c(c1)OCO2)N1CCN(c2nc3ccccc3[nH]2)CC1. The Morgan fingerprint density at radius 3 is 2.65 bits per heavy atom. The topological polar surface area (TPSA) is 53.6 Å². The van der Waals surface area contributed by atoms with Crippen LogP contribution in [0, 0.1) is 0 Å². The summed E-state index contributed by atoms with van der Waals surface area (Å²) in [5.41, 5.74) is 3.39. The van der Waals surface area contributed by atoms with E-state index in [-0.39, 0.29) is 0 Å². The first-order chi connectivity index (χ1) is 12.8. The van der Waals surface area contributed by atoms with Gasteiger partial charge in [-0.1, -0.05) is 18.2 Å². The number of hydrogen-bond donors (Lipinski definition) is 1. The molecule has 2 aromatic carbocycles. The molecule has 2 aliphatic rings. The molecule has 134 valence electrons. The minimum atomic E-state index is 0.323. The number of aromatic amines is 1. The highest BCUT2D eigenvalue weighted by Crippen LogP contribution is 2.35. The summed E-state index contributed by atoms with van der Waals surface area (Å²) in [5, 5.41) is 0. The summed E-state index contributed by atoms with van der Waals surface area (Å²) in [6.45, 7) is 6.53. The first kappa shape index (κ1) is 15.5. The minimum Gasteiger partial charge on any atom is -0.454 e. The lowest BCUT2D eigenvalue weighted by molar-refractivity contribution is 0.173. The molecule has 5 rings (SSSR count). The molecule has 1 atom stereocenters. The largest absolute Gasteiger partial charge is 0.454 e. The van der Waals surface area contributed by atoms with Crippen LogP contribution in [0.3, 0.4) is 0 Å². The lowest BCUT2D eigenvalue weighted by Gasteiger charge is -2.38. The number of piperazine rings is 1. The Balaban J connectivity index is 1.27. The second kappa shape index (κ2) is 6.21. The first-order valence-electron chi connectivity index (χ1n) is 9.11. The number of anilines is 1. The third kappa shape index (κ3) is 2.66. The van der Waals surface area contributed by atoms with Crippen LogP contribution in [-0.4, -0.2) is 47.8 Å². The van der Waals surface area contributed by atoms with E-state index in [1.165, 1.54) is 5.56 Å². The van der Waals surface area contributed by atoms with Crippen LogP contribution in [0.15, 0.2) is 42.5 Å². The Labute approximate surface area is 152 Å². The van der Waals surface area contributed by atoms with Crippen molar-refractivity contribution < 1.29 is 9.47 Å². The van der Waals surface area contributed by atoms with Crippen LogP contribution in [0.1, 0.15) is 18.5 Å². The van der Waals surface area contributed by atoms with Gasteiger partial charge in [0.15, 0.2) is 11.5 Å². The highest BCUT2D eigenvalue weighted by molar-refractivity contribution is 5.77. The number of nitrogens with one attached hydrogen (secondary N) is 1. The number of hydrogen-bond acceptors (Lipinski definition) is 5. The second-order valence-corrected chi connectivity index (χ2v) is 6.89. The summed E-state index contributed by atoms with van der Waals surface area (Å²) in [6.07, 6.45) is 0. The fraction of sp³-hybridized carbons (Fsp3) is 0.350. The minimum absolute atomic E-state index is 0.323.